The number of nitriles is 1. The molecule has 312 valence electrons. The predicted molar refractivity (Wildman–Crippen MR) is 222 cm³/mol. The maximum atomic E-state index is 13.4. The van der Waals surface area contributed by atoms with E-state index in [1.54, 1.807) is 34.4 Å². The number of nitrogens with two attached hydrogens (primary N) is 2. The van der Waals surface area contributed by atoms with Crippen LogP contribution >= 0.6 is 0 Å². The molecule has 2 saturated heterocycles. The summed E-state index contributed by atoms with van der Waals surface area (Å²) in [5.74, 6) is 0.940. The van der Waals surface area contributed by atoms with E-state index in [0.717, 1.165) is 31.8 Å². The number of nitrogens with zero attached hydrogens (tertiary/aromatic N) is 7. The van der Waals surface area contributed by atoms with E-state index in [2.05, 4.69) is 31.6 Å². The van der Waals surface area contributed by atoms with Gasteiger partial charge in [-0.1, -0.05) is 26.0 Å². The second kappa shape index (κ2) is 19.3. The number of imidazole rings is 1. The quantitative estimate of drug-likeness (QED) is 0.0386. The van der Waals surface area contributed by atoms with Crippen LogP contribution in [0, 0.1) is 28.3 Å². The maximum absolute atomic E-state index is 13.4. The molecular weight excluding hydrogens is 761 g/mol. The Bertz CT molecular complexity index is 2280. The molecule has 2 fully saturated rings. The standard InChI is InChI=1S/C37H44BN11O8.C2H6/c1-4-48-28(14-23(2)45-48)35(52)44-36-43-26-15-24(33(40)50)18-30(55-3)32(26)47(36)11-6-5-9-42-31-27(49(53)54)16-25(34(41)51)17-29(31)56-12-7-10-46-20-37(21-46)19-38(22-39)8-13-57-37;1-2/h5-6,14-18,42H,4,7-13,19-21H2,1-3H3,(H2,40,50)(H2,41,51)(H,43,44,52);1-2H3/b6-5+;. The molecule has 2 aromatic carbocycles. The zero-order chi connectivity index (χ0) is 42.9. The lowest BCUT2D eigenvalue weighted by molar-refractivity contribution is -0.384. The van der Waals surface area contributed by atoms with Gasteiger partial charge >= 0.3 is 0 Å². The molecule has 3 amide bonds. The molecule has 0 saturated carbocycles. The van der Waals surface area contributed by atoms with Crippen molar-refractivity contribution >= 4 is 52.8 Å². The lowest BCUT2D eigenvalue weighted by Crippen LogP contribution is -2.65. The minimum absolute atomic E-state index is 0.00260. The van der Waals surface area contributed by atoms with Crippen LogP contribution in [-0.4, -0.2) is 106 Å². The number of amides is 3. The van der Waals surface area contributed by atoms with Crippen molar-refractivity contribution in [1.29, 1.82) is 5.26 Å². The summed E-state index contributed by atoms with van der Waals surface area (Å²) in [6.07, 6.45) is 5.54. The monoisotopic (exact) mass is 811 g/mol. The molecule has 6 rings (SSSR count). The molecular formula is C39H50BN11O8. The Morgan fingerprint density at radius 3 is 2.49 bits per heavy atom. The van der Waals surface area contributed by atoms with Gasteiger partial charge in [-0.2, -0.15) is 5.10 Å². The summed E-state index contributed by atoms with van der Waals surface area (Å²) < 4.78 is 20.9. The minimum atomic E-state index is -0.841. The lowest BCUT2D eigenvalue weighted by Gasteiger charge is -2.52. The van der Waals surface area contributed by atoms with Crippen molar-refractivity contribution in [3.63, 3.8) is 0 Å². The van der Waals surface area contributed by atoms with E-state index < -0.39 is 22.6 Å². The van der Waals surface area contributed by atoms with Gasteiger partial charge in [0, 0.05) is 69.0 Å². The van der Waals surface area contributed by atoms with Crippen LogP contribution in [0.5, 0.6) is 11.5 Å². The third-order valence-corrected chi connectivity index (χ3v) is 9.96. The largest absolute Gasteiger partial charge is 0.494 e. The van der Waals surface area contributed by atoms with E-state index >= 15 is 0 Å². The van der Waals surface area contributed by atoms with Crippen molar-refractivity contribution in [3.8, 4) is 17.5 Å². The van der Waals surface area contributed by atoms with Crippen LogP contribution in [0.4, 0.5) is 17.3 Å². The van der Waals surface area contributed by atoms with Crippen molar-refractivity contribution < 1.29 is 33.5 Å². The zero-order valence-corrected chi connectivity index (χ0v) is 33.9. The van der Waals surface area contributed by atoms with Crippen molar-refractivity contribution in [2.75, 3.05) is 57.1 Å². The Morgan fingerprint density at radius 1 is 1.12 bits per heavy atom. The van der Waals surface area contributed by atoms with Gasteiger partial charge in [-0.3, -0.25) is 39.4 Å². The summed E-state index contributed by atoms with van der Waals surface area (Å²) in [4.78, 5) is 56.0. The van der Waals surface area contributed by atoms with Crippen LogP contribution < -0.4 is 31.6 Å². The number of carbonyl (C=O) groups is 3. The summed E-state index contributed by atoms with van der Waals surface area (Å²) in [7, 11) is 1.44. The Hall–Kier alpha value is -6.46. The van der Waals surface area contributed by atoms with E-state index in [4.69, 9.17) is 25.7 Å². The number of hydrogen-bond donors (Lipinski definition) is 4. The third kappa shape index (κ3) is 9.99. The molecule has 4 heterocycles. The molecule has 4 aromatic rings. The van der Waals surface area contributed by atoms with Crippen LogP contribution in [0.2, 0.25) is 12.6 Å². The van der Waals surface area contributed by atoms with E-state index in [-0.39, 0.29) is 66.2 Å². The first-order valence-corrected chi connectivity index (χ1v) is 19.5. The number of fused-ring (bicyclic) bond motifs is 1. The van der Waals surface area contributed by atoms with Crippen LogP contribution in [0.25, 0.3) is 11.0 Å². The zero-order valence-electron chi connectivity index (χ0n) is 33.9. The molecule has 0 radical (unpaired) electrons. The molecule has 2 aliphatic heterocycles. The van der Waals surface area contributed by atoms with Crippen molar-refractivity contribution in [2.45, 2.75) is 65.4 Å². The number of nitro benzene ring substituents is 1. The molecule has 0 atom stereocenters. The van der Waals surface area contributed by atoms with Crippen LogP contribution in [-0.2, 0) is 17.8 Å². The highest BCUT2D eigenvalue weighted by molar-refractivity contribution is 6.67. The SMILES string of the molecule is CC.CCn1nc(C)cc1C(=O)Nc1nc2cc(C(N)=O)cc(OC)c2n1C/C=C/CNc1c(OCCCN2CC3(CB(C#N)CCO3)C2)cc(C(N)=O)cc1[N+](=O)[O-]. The number of carbonyl (C=O) groups excluding carboxylic acids is 3. The van der Waals surface area contributed by atoms with Crippen molar-refractivity contribution in [2.24, 2.45) is 11.5 Å². The molecule has 0 bridgehead atoms. The highest BCUT2D eigenvalue weighted by Crippen LogP contribution is 2.37. The van der Waals surface area contributed by atoms with E-state index in [9.17, 15) is 29.8 Å². The number of rotatable bonds is 17. The fourth-order valence-electron chi connectivity index (χ4n) is 7.29. The molecule has 0 aliphatic carbocycles. The Kier molecular flexibility index (Phi) is 14.3. The van der Waals surface area contributed by atoms with Crippen molar-refractivity contribution in [3.05, 3.63) is 75.1 Å². The first kappa shape index (κ1) is 43.7. The Labute approximate surface area is 341 Å². The molecule has 19 nitrogen and oxygen atoms in total. The van der Waals surface area contributed by atoms with Gasteiger partial charge in [-0.15, -0.1) is 0 Å². The average Bonchev–Trinajstić information content (AvgIpc) is 3.77. The van der Waals surface area contributed by atoms with E-state index in [0.29, 0.717) is 54.3 Å². The summed E-state index contributed by atoms with van der Waals surface area (Å²) in [5.41, 5.74) is 12.4. The lowest BCUT2D eigenvalue weighted by atomic mass is 9.42. The molecule has 59 heavy (non-hydrogen) atoms. The summed E-state index contributed by atoms with van der Waals surface area (Å²) in [5, 5.41) is 31.8. The Balaban J connectivity index is 0.00000326. The number of methoxy groups -OCH3 is 1. The van der Waals surface area contributed by atoms with Gasteiger partial charge in [0.15, 0.2) is 5.69 Å². The molecule has 2 aliphatic rings. The van der Waals surface area contributed by atoms with E-state index in [1.165, 1.54) is 25.3 Å². The Morgan fingerprint density at radius 2 is 1.83 bits per heavy atom. The minimum Gasteiger partial charge on any atom is -0.494 e. The number of anilines is 2. The second-order valence-electron chi connectivity index (χ2n) is 14.0. The van der Waals surface area contributed by atoms with Gasteiger partial charge in [0.1, 0.15) is 22.7 Å². The predicted octanol–water partition coefficient (Wildman–Crippen LogP) is 4.03. The average molecular weight is 812 g/mol. The van der Waals surface area contributed by atoms with Crippen LogP contribution in [0.3, 0.4) is 0 Å². The van der Waals surface area contributed by atoms with Gasteiger partial charge in [-0.25, -0.2) is 10.2 Å². The molecule has 1 spiro atoms. The van der Waals surface area contributed by atoms with E-state index in [1.807, 2.05) is 20.8 Å². The fourth-order valence-corrected chi connectivity index (χ4v) is 7.29. The number of nitro groups is 1. The van der Waals surface area contributed by atoms with Gasteiger partial charge in [-0.05, 0) is 57.2 Å². The number of nitrogens with one attached hydrogen (secondary N) is 2. The molecule has 6 N–H and O–H groups in total. The third-order valence-electron chi connectivity index (χ3n) is 9.96. The number of hydrogen-bond acceptors (Lipinski definition) is 13. The number of primary amides is 2. The molecule has 20 heteroatoms. The number of ether oxygens (including phenoxy) is 3. The fraction of sp³-hybridized carbons (Fsp3) is 0.436. The number of allylic oxidation sites excluding steroid dienone is 1. The second-order valence-corrected chi connectivity index (χ2v) is 14.0. The molecule has 0 unspecified atom stereocenters. The van der Waals surface area contributed by atoms with Gasteiger partial charge in [0.2, 0.25) is 17.8 Å². The number of aromatic nitrogens is 4. The normalized spacial score (nSPS) is 14.6. The number of benzene rings is 2. The smallest absolute Gasteiger partial charge is 0.296 e. The number of likely N-dealkylation sites (tertiary alicyclic amines) is 1. The first-order valence-electron chi connectivity index (χ1n) is 19.5. The van der Waals surface area contributed by atoms with Gasteiger partial charge in [0.05, 0.1) is 35.5 Å². The van der Waals surface area contributed by atoms with Crippen molar-refractivity contribution in [1.82, 2.24) is 24.2 Å². The van der Waals surface area contributed by atoms with Crippen LogP contribution in [0.15, 0.2) is 42.5 Å². The highest BCUT2D eigenvalue weighted by Gasteiger charge is 2.48. The topological polar surface area (TPSA) is 261 Å². The first-order chi connectivity index (χ1) is 28.3. The highest BCUT2D eigenvalue weighted by atomic mass is 16.6. The summed E-state index contributed by atoms with van der Waals surface area (Å²) in [6.45, 7) is 11.3. The molecule has 2 aromatic heterocycles. The number of aryl methyl sites for hydroxylation is 2. The maximum Gasteiger partial charge on any atom is 0.296 e. The van der Waals surface area contributed by atoms with Gasteiger partial charge in [0.25, 0.3) is 18.3 Å². The summed E-state index contributed by atoms with van der Waals surface area (Å²) >= 11 is 0. The van der Waals surface area contributed by atoms with Gasteiger partial charge < -0.3 is 35.6 Å². The van der Waals surface area contributed by atoms with Crippen LogP contribution in [0.1, 0.15) is 64.1 Å². The summed E-state index contributed by atoms with van der Waals surface area (Å²) in [6, 6.07) is 7.14.